The predicted octanol–water partition coefficient (Wildman–Crippen LogP) is -1.12. The first kappa shape index (κ1) is 7.31. The topological polar surface area (TPSA) is 60.7 Å². The van der Waals surface area contributed by atoms with Gasteiger partial charge in [-0.25, -0.2) is 0 Å². The van der Waals surface area contributed by atoms with Crippen LogP contribution in [-0.4, -0.2) is 27.0 Å². The molecule has 0 fully saturated rings. The van der Waals surface area contributed by atoms with Crippen molar-refractivity contribution in [2.45, 2.75) is 18.6 Å². The minimum Gasteiger partial charge on any atom is -0.387 e. The van der Waals surface area contributed by atoms with Crippen molar-refractivity contribution < 1.29 is 15.3 Å². The van der Waals surface area contributed by atoms with Gasteiger partial charge in [-0.15, -0.1) is 0 Å². The molecule has 0 aliphatic carbocycles. The second kappa shape index (κ2) is 2.05. The summed E-state index contributed by atoms with van der Waals surface area (Å²) in [6.45, 7) is 1.28. The van der Waals surface area contributed by atoms with Crippen LogP contribution in [0.2, 0.25) is 0 Å². The van der Waals surface area contributed by atoms with E-state index in [-0.39, 0.29) is 0 Å². The molecule has 0 spiro atoms. The Kier molecular flexibility index (Phi) is 2.14. The standard InChI is InChI=1S/C3H9O3P/c1-2(4)3(5,6)7/h2,4-6H,7H2,1H3. The molecule has 0 heterocycles. The summed E-state index contributed by atoms with van der Waals surface area (Å²) >= 11 is 0. The molecule has 0 bridgehead atoms. The first-order valence-corrected chi connectivity index (χ1v) is 2.44. The number of hydrogen-bond acceptors (Lipinski definition) is 3. The Morgan fingerprint density at radius 3 is 1.71 bits per heavy atom. The Morgan fingerprint density at radius 2 is 1.71 bits per heavy atom. The zero-order valence-corrected chi connectivity index (χ0v) is 5.15. The van der Waals surface area contributed by atoms with Crippen LogP contribution < -0.4 is 0 Å². The molecule has 0 amide bonds. The van der Waals surface area contributed by atoms with Gasteiger partial charge in [0.05, 0.1) is 0 Å². The van der Waals surface area contributed by atoms with Crippen molar-refractivity contribution in [3.05, 3.63) is 0 Å². The summed E-state index contributed by atoms with van der Waals surface area (Å²) in [7, 11) is 1.69. The fourth-order valence-corrected chi connectivity index (χ4v) is 0. The highest BCUT2D eigenvalue weighted by Gasteiger charge is 2.21. The Labute approximate surface area is 44.2 Å². The van der Waals surface area contributed by atoms with E-state index in [1.807, 2.05) is 0 Å². The first-order chi connectivity index (χ1) is 2.94. The molecule has 0 saturated carbocycles. The van der Waals surface area contributed by atoms with Gasteiger partial charge in [0.2, 0.25) is 5.53 Å². The highest BCUT2D eigenvalue weighted by Crippen LogP contribution is 2.13. The lowest BCUT2D eigenvalue weighted by molar-refractivity contribution is -0.147. The third kappa shape index (κ3) is 2.94. The third-order valence-corrected chi connectivity index (χ3v) is 1.10. The first-order valence-electron chi connectivity index (χ1n) is 1.86. The quantitative estimate of drug-likeness (QED) is 0.306. The molecule has 0 radical (unpaired) electrons. The Morgan fingerprint density at radius 1 is 1.57 bits per heavy atom. The van der Waals surface area contributed by atoms with Gasteiger partial charge in [-0.3, -0.25) is 0 Å². The summed E-state index contributed by atoms with van der Waals surface area (Å²) in [5, 5.41) is 25.1. The lowest BCUT2D eigenvalue weighted by atomic mass is 10.4. The van der Waals surface area contributed by atoms with E-state index in [9.17, 15) is 0 Å². The maximum atomic E-state index is 8.37. The number of aliphatic hydroxyl groups is 3. The highest BCUT2D eigenvalue weighted by atomic mass is 31.0. The molecule has 0 aliphatic heterocycles. The Bertz CT molecular complexity index is 55.7. The molecule has 2 unspecified atom stereocenters. The molecule has 0 aliphatic rings. The molecule has 3 N–H and O–H groups in total. The van der Waals surface area contributed by atoms with E-state index >= 15 is 0 Å². The minimum absolute atomic E-state index is 1.13. The lowest BCUT2D eigenvalue weighted by Crippen LogP contribution is -2.32. The zero-order valence-electron chi connectivity index (χ0n) is 4.00. The van der Waals surface area contributed by atoms with Gasteiger partial charge in [0.1, 0.15) is 6.10 Å². The molecule has 0 aromatic rings. The average Bonchev–Trinajstić information content (AvgIpc) is 1.31. The van der Waals surface area contributed by atoms with Crippen molar-refractivity contribution in [2.24, 2.45) is 0 Å². The molecule has 7 heavy (non-hydrogen) atoms. The summed E-state index contributed by atoms with van der Waals surface area (Å²) in [6.07, 6.45) is -1.13. The largest absolute Gasteiger partial charge is 0.387 e. The van der Waals surface area contributed by atoms with E-state index in [0.717, 1.165) is 0 Å². The average molecular weight is 124 g/mol. The van der Waals surface area contributed by atoms with E-state index in [4.69, 9.17) is 15.3 Å². The van der Waals surface area contributed by atoms with Crippen LogP contribution in [0.4, 0.5) is 0 Å². The molecule has 2 atom stereocenters. The van der Waals surface area contributed by atoms with Crippen LogP contribution in [-0.2, 0) is 0 Å². The van der Waals surface area contributed by atoms with E-state index in [1.165, 1.54) is 6.92 Å². The summed E-state index contributed by atoms with van der Waals surface area (Å²) < 4.78 is 0. The van der Waals surface area contributed by atoms with Crippen molar-refractivity contribution in [1.29, 1.82) is 0 Å². The van der Waals surface area contributed by atoms with Gasteiger partial charge in [0.25, 0.3) is 0 Å². The van der Waals surface area contributed by atoms with Crippen LogP contribution in [0.15, 0.2) is 0 Å². The van der Waals surface area contributed by atoms with Crippen molar-refractivity contribution >= 4 is 9.24 Å². The maximum Gasteiger partial charge on any atom is 0.202 e. The van der Waals surface area contributed by atoms with Crippen molar-refractivity contribution in [2.75, 3.05) is 0 Å². The molecule has 0 aromatic carbocycles. The smallest absolute Gasteiger partial charge is 0.202 e. The fraction of sp³-hybridized carbons (Fsp3) is 1.00. The van der Waals surface area contributed by atoms with Gasteiger partial charge in [0.15, 0.2) is 0 Å². The highest BCUT2D eigenvalue weighted by molar-refractivity contribution is 7.18. The minimum atomic E-state index is -2.03. The predicted molar refractivity (Wildman–Crippen MR) is 28.6 cm³/mol. The third-order valence-electron chi connectivity index (χ3n) is 0.615. The summed E-state index contributed by atoms with van der Waals surface area (Å²) in [4.78, 5) is 0. The lowest BCUT2D eigenvalue weighted by Gasteiger charge is -2.17. The number of aliphatic hydroxyl groups excluding tert-OH is 1. The van der Waals surface area contributed by atoms with Crippen LogP contribution in [0.1, 0.15) is 6.92 Å². The number of rotatable bonds is 1. The Balaban J connectivity index is 3.54. The molecule has 44 valence electrons. The second-order valence-electron chi connectivity index (χ2n) is 1.46. The van der Waals surface area contributed by atoms with E-state index in [1.54, 1.807) is 9.24 Å². The normalized spacial score (nSPS) is 16.7. The van der Waals surface area contributed by atoms with E-state index in [0.29, 0.717) is 0 Å². The maximum absolute atomic E-state index is 8.37. The molecule has 3 nitrogen and oxygen atoms in total. The van der Waals surface area contributed by atoms with E-state index < -0.39 is 11.6 Å². The summed E-state index contributed by atoms with van der Waals surface area (Å²) in [5.74, 6) is 0. The van der Waals surface area contributed by atoms with Crippen molar-refractivity contribution in [3.63, 3.8) is 0 Å². The van der Waals surface area contributed by atoms with Crippen LogP contribution in [0.25, 0.3) is 0 Å². The van der Waals surface area contributed by atoms with Crippen molar-refractivity contribution in [3.8, 4) is 0 Å². The zero-order chi connectivity index (χ0) is 6.08. The van der Waals surface area contributed by atoms with Crippen LogP contribution in [0.5, 0.6) is 0 Å². The van der Waals surface area contributed by atoms with Gasteiger partial charge < -0.3 is 15.3 Å². The van der Waals surface area contributed by atoms with E-state index in [2.05, 4.69) is 0 Å². The fourth-order valence-electron chi connectivity index (χ4n) is 0. The van der Waals surface area contributed by atoms with Gasteiger partial charge in [-0.1, -0.05) is 9.24 Å². The van der Waals surface area contributed by atoms with Gasteiger partial charge in [0, 0.05) is 0 Å². The number of hydrogen-bond donors (Lipinski definition) is 3. The summed E-state index contributed by atoms with van der Waals surface area (Å²) in [5.41, 5.74) is -2.03. The van der Waals surface area contributed by atoms with Gasteiger partial charge in [-0.05, 0) is 6.92 Å². The molecule has 0 aromatic heterocycles. The molecular formula is C3H9O3P. The molecule has 4 heteroatoms. The molecule has 0 rings (SSSR count). The van der Waals surface area contributed by atoms with Gasteiger partial charge >= 0.3 is 0 Å². The van der Waals surface area contributed by atoms with Crippen LogP contribution in [0, 0.1) is 0 Å². The van der Waals surface area contributed by atoms with Gasteiger partial charge in [-0.2, -0.15) is 0 Å². The molecule has 0 saturated heterocycles. The Hall–Kier alpha value is 0.310. The monoisotopic (exact) mass is 124 g/mol. The van der Waals surface area contributed by atoms with Crippen LogP contribution >= 0.6 is 9.24 Å². The second-order valence-corrected chi connectivity index (χ2v) is 2.31. The SMILES string of the molecule is CC(O)C(O)(O)P. The molecular weight excluding hydrogens is 115 g/mol. The summed E-state index contributed by atoms with van der Waals surface area (Å²) in [6, 6.07) is 0. The van der Waals surface area contributed by atoms with Crippen molar-refractivity contribution in [1.82, 2.24) is 0 Å². The van der Waals surface area contributed by atoms with Crippen LogP contribution in [0.3, 0.4) is 0 Å².